The number of nitrogens with two attached hydrogens (primary N) is 1. The molecule has 1 aliphatic carbocycles. The van der Waals surface area contributed by atoms with Crippen LogP contribution in [0, 0.1) is 5.92 Å². The van der Waals surface area contributed by atoms with E-state index in [1.165, 1.54) is 0 Å². The van der Waals surface area contributed by atoms with E-state index in [1.807, 2.05) is 0 Å². The fourth-order valence-electron chi connectivity index (χ4n) is 1.99. The van der Waals surface area contributed by atoms with E-state index in [-0.39, 0.29) is 17.9 Å². The Morgan fingerprint density at radius 2 is 2.25 bits per heavy atom. The maximum atomic E-state index is 11.7. The number of unbranched alkanes of at least 4 members (excludes halogenated alkanes) is 1. The molecule has 2 unspecified atom stereocenters. The Labute approximate surface area is 97.9 Å². The Hall–Kier alpha value is -0.610. The van der Waals surface area contributed by atoms with Crippen molar-refractivity contribution in [3.8, 4) is 0 Å². The lowest BCUT2D eigenvalue weighted by Crippen LogP contribution is -2.32. The first-order valence-electron chi connectivity index (χ1n) is 6.35. The molecule has 1 rings (SSSR count). The predicted octanol–water partition coefficient (Wildman–Crippen LogP) is 1.05. The van der Waals surface area contributed by atoms with Crippen molar-refractivity contribution in [2.75, 3.05) is 19.8 Å². The summed E-state index contributed by atoms with van der Waals surface area (Å²) in [4.78, 5) is 11.7. The van der Waals surface area contributed by atoms with Crippen molar-refractivity contribution in [3.63, 3.8) is 0 Å². The van der Waals surface area contributed by atoms with Gasteiger partial charge in [0.05, 0.1) is 6.61 Å². The van der Waals surface area contributed by atoms with E-state index in [0.29, 0.717) is 13.2 Å². The predicted molar refractivity (Wildman–Crippen MR) is 64.1 cm³/mol. The van der Waals surface area contributed by atoms with Crippen molar-refractivity contribution < 1.29 is 9.53 Å². The molecule has 0 aromatic rings. The fraction of sp³-hybridized carbons (Fsp3) is 0.917. The van der Waals surface area contributed by atoms with Crippen LogP contribution in [0.25, 0.3) is 0 Å². The van der Waals surface area contributed by atoms with Crippen LogP contribution in [0.3, 0.4) is 0 Å². The zero-order valence-electron chi connectivity index (χ0n) is 10.2. The summed E-state index contributed by atoms with van der Waals surface area (Å²) in [7, 11) is 0. The average Bonchev–Trinajstić information content (AvgIpc) is 2.70. The van der Waals surface area contributed by atoms with E-state index in [2.05, 4.69) is 12.2 Å². The van der Waals surface area contributed by atoms with Crippen molar-refractivity contribution in [2.45, 2.75) is 45.1 Å². The van der Waals surface area contributed by atoms with Gasteiger partial charge in [0.2, 0.25) is 5.91 Å². The molecule has 1 amide bonds. The van der Waals surface area contributed by atoms with Crippen molar-refractivity contribution in [2.24, 2.45) is 11.7 Å². The molecule has 16 heavy (non-hydrogen) atoms. The summed E-state index contributed by atoms with van der Waals surface area (Å²) in [6, 6.07) is 0.219. The smallest absolute Gasteiger partial charge is 0.223 e. The van der Waals surface area contributed by atoms with Crippen LogP contribution in [-0.4, -0.2) is 31.7 Å². The second-order valence-corrected chi connectivity index (χ2v) is 4.53. The Kier molecular flexibility index (Phi) is 6.42. The van der Waals surface area contributed by atoms with Gasteiger partial charge in [-0.05, 0) is 25.7 Å². The molecule has 4 heteroatoms. The van der Waals surface area contributed by atoms with Gasteiger partial charge in [-0.1, -0.05) is 13.3 Å². The zero-order valence-corrected chi connectivity index (χ0v) is 10.2. The van der Waals surface area contributed by atoms with Crippen molar-refractivity contribution >= 4 is 5.91 Å². The van der Waals surface area contributed by atoms with E-state index >= 15 is 0 Å². The molecule has 2 atom stereocenters. The lowest BCUT2D eigenvalue weighted by atomic mass is 10.1. The summed E-state index contributed by atoms with van der Waals surface area (Å²) in [5.41, 5.74) is 5.77. The van der Waals surface area contributed by atoms with E-state index in [4.69, 9.17) is 10.5 Å². The molecule has 0 aromatic heterocycles. The summed E-state index contributed by atoms with van der Waals surface area (Å²) >= 11 is 0. The van der Waals surface area contributed by atoms with Crippen LogP contribution in [0.2, 0.25) is 0 Å². The summed E-state index contributed by atoms with van der Waals surface area (Å²) in [6.07, 6.45) is 4.98. The van der Waals surface area contributed by atoms with Crippen LogP contribution in [0.4, 0.5) is 0 Å². The lowest BCUT2D eigenvalue weighted by Gasteiger charge is -2.10. The summed E-state index contributed by atoms with van der Waals surface area (Å²) < 4.78 is 5.37. The van der Waals surface area contributed by atoms with Crippen molar-refractivity contribution in [1.29, 1.82) is 0 Å². The van der Waals surface area contributed by atoms with E-state index in [9.17, 15) is 4.79 Å². The highest BCUT2D eigenvalue weighted by molar-refractivity contribution is 5.78. The van der Waals surface area contributed by atoms with E-state index in [0.717, 1.165) is 38.7 Å². The van der Waals surface area contributed by atoms with Crippen LogP contribution in [0.15, 0.2) is 0 Å². The minimum absolute atomic E-state index is 0.130. The third kappa shape index (κ3) is 4.94. The van der Waals surface area contributed by atoms with E-state index in [1.54, 1.807) is 0 Å². The molecule has 4 nitrogen and oxygen atoms in total. The Morgan fingerprint density at radius 3 is 2.88 bits per heavy atom. The van der Waals surface area contributed by atoms with Gasteiger partial charge in [-0.25, -0.2) is 0 Å². The minimum Gasteiger partial charge on any atom is -0.380 e. The Morgan fingerprint density at radius 1 is 1.44 bits per heavy atom. The topological polar surface area (TPSA) is 64.3 Å². The van der Waals surface area contributed by atoms with Gasteiger partial charge >= 0.3 is 0 Å². The number of rotatable bonds is 7. The molecule has 1 aliphatic rings. The van der Waals surface area contributed by atoms with Gasteiger partial charge in [0.15, 0.2) is 0 Å². The summed E-state index contributed by atoms with van der Waals surface area (Å²) in [5, 5.41) is 2.90. The maximum absolute atomic E-state index is 11.7. The van der Waals surface area contributed by atoms with Crippen LogP contribution >= 0.6 is 0 Å². The molecular formula is C12H24N2O2. The Balaban J connectivity index is 1.98. The third-order valence-electron chi connectivity index (χ3n) is 3.03. The van der Waals surface area contributed by atoms with Gasteiger partial charge in [-0.15, -0.1) is 0 Å². The molecule has 0 radical (unpaired) electrons. The van der Waals surface area contributed by atoms with Gasteiger partial charge in [0.1, 0.15) is 0 Å². The second-order valence-electron chi connectivity index (χ2n) is 4.53. The molecule has 0 heterocycles. The SMILES string of the molecule is CCCCOCCNC(=O)C1CCC(N)C1. The molecule has 0 saturated heterocycles. The standard InChI is InChI=1S/C12H24N2O2/c1-2-3-7-16-8-6-14-12(15)10-4-5-11(13)9-10/h10-11H,2-9,13H2,1H3,(H,14,15). The van der Waals surface area contributed by atoms with Crippen LogP contribution in [0.5, 0.6) is 0 Å². The molecule has 94 valence electrons. The number of ether oxygens (including phenoxy) is 1. The number of amides is 1. The van der Waals surface area contributed by atoms with E-state index < -0.39 is 0 Å². The lowest BCUT2D eigenvalue weighted by molar-refractivity contribution is -0.125. The highest BCUT2D eigenvalue weighted by Crippen LogP contribution is 2.23. The highest BCUT2D eigenvalue weighted by atomic mass is 16.5. The number of nitrogens with one attached hydrogen (secondary N) is 1. The number of carbonyl (C=O) groups excluding carboxylic acids is 1. The normalized spacial score (nSPS) is 24.6. The first-order chi connectivity index (χ1) is 7.74. The monoisotopic (exact) mass is 228 g/mol. The molecule has 1 fully saturated rings. The Bertz CT molecular complexity index is 209. The highest BCUT2D eigenvalue weighted by Gasteiger charge is 2.27. The summed E-state index contributed by atoms with van der Waals surface area (Å²) in [6.45, 7) is 4.16. The third-order valence-corrected chi connectivity index (χ3v) is 3.03. The van der Waals surface area contributed by atoms with Gasteiger partial charge in [-0.3, -0.25) is 4.79 Å². The fourth-order valence-corrected chi connectivity index (χ4v) is 1.99. The van der Waals surface area contributed by atoms with Gasteiger partial charge in [-0.2, -0.15) is 0 Å². The quantitative estimate of drug-likeness (QED) is 0.640. The number of hydrogen-bond donors (Lipinski definition) is 2. The maximum Gasteiger partial charge on any atom is 0.223 e. The number of carbonyl (C=O) groups is 1. The minimum atomic E-state index is 0.130. The van der Waals surface area contributed by atoms with Crippen LogP contribution in [-0.2, 0) is 9.53 Å². The average molecular weight is 228 g/mol. The van der Waals surface area contributed by atoms with Crippen molar-refractivity contribution in [3.05, 3.63) is 0 Å². The number of hydrogen-bond acceptors (Lipinski definition) is 3. The second kappa shape index (κ2) is 7.63. The van der Waals surface area contributed by atoms with Crippen molar-refractivity contribution in [1.82, 2.24) is 5.32 Å². The molecule has 0 aromatic carbocycles. The molecule has 0 spiro atoms. The molecule has 0 bridgehead atoms. The zero-order chi connectivity index (χ0) is 11.8. The molecule has 0 aliphatic heterocycles. The summed E-state index contributed by atoms with van der Waals surface area (Å²) in [5.74, 6) is 0.276. The van der Waals surface area contributed by atoms with Gasteiger partial charge in [0.25, 0.3) is 0 Å². The van der Waals surface area contributed by atoms with Crippen LogP contribution < -0.4 is 11.1 Å². The largest absolute Gasteiger partial charge is 0.380 e. The van der Waals surface area contributed by atoms with Crippen LogP contribution in [0.1, 0.15) is 39.0 Å². The molecular weight excluding hydrogens is 204 g/mol. The van der Waals surface area contributed by atoms with Gasteiger partial charge < -0.3 is 15.8 Å². The first kappa shape index (κ1) is 13.5. The molecule has 3 N–H and O–H groups in total. The molecule has 1 saturated carbocycles. The van der Waals surface area contributed by atoms with Gasteiger partial charge in [0, 0.05) is 25.1 Å². The first-order valence-corrected chi connectivity index (χ1v) is 6.35.